The van der Waals surface area contributed by atoms with E-state index in [0.29, 0.717) is 43.0 Å². The Bertz CT molecular complexity index is 1110. The zero-order valence-electron chi connectivity index (χ0n) is 19.2. The summed E-state index contributed by atoms with van der Waals surface area (Å²) in [6.07, 6.45) is -3.95. The van der Waals surface area contributed by atoms with Crippen LogP contribution in [0, 0.1) is 0 Å². The number of carbonyl (C=O) groups is 1. The highest BCUT2D eigenvalue weighted by Gasteiger charge is 2.34. The number of benzene rings is 2. The number of carboxylic acids is 1. The Morgan fingerprint density at radius 3 is 2.66 bits per heavy atom. The summed E-state index contributed by atoms with van der Waals surface area (Å²) in [6, 6.07) is 13.0. The van der Waals surface area contributed by atoms with Gasteiger partial charge in [-0.3, -0.25) is 9.69 Å². The Morgan fingerprint density at radius 1 is 1.20 bits per heavy atom. The molecule has 1 heterocycles. The molecule has 0 spiro atoms. The van der Waals surface area contributed by atoms with E-state index in [1.807, 2.05) is 5.38 Å². The first kappa shape index (κ1) is 27.0. The number of hydrogen-bond acceptors (Lipinski definition) is 4. The van der Waals surface area contributed by atoms with Crippen molar-refractivity contribution in [3.05, 3.63) is 86.6 Å². The molecule has 0 aliphatic heterocycles. The van der Waals surface area contributed by atoms with E-state index < -0.39 is 17.7 Å². The lowest BCUT2D eigenvalue weighted by Gasteiger charge is -2.26. The van der Waals surface area contributed by atoms with E-state index in [9.17, 15) is 18.0 Å². The number of carboxylic acid groups (broad SMARTS) is 1. The number of nitrogens with zero attached hydrogens (tertiary/aromatic N) is 1. The molecule has 0 fully saturated rings. The Balaban J connectivity index is 1.66. The third-order valence-corrected chi connectivity index (χ3v) is 6.71. The Kier molecular flexibility index (Phi) is 9.60. The first-order valence-corrected chi connectivity index (χ1v) is 12.5. The van der Waals surface area contributed by atoms with Crippen molar-refractivity contribution >= 4 is 28.9 Å². The number of ether oxygens (including phenoxy) is 1. The zero-order valence-corrected chi connectivity index (χ0v) is 20.8. The summed E-state index contributed by atoms with van der Waals surface area (Å²) in [6.45, 7) is 4.00. The Labute approximate surface area is 211 Å². The monoisotopic (exact) mass is 525 g/mol. The van der Waals surface area contributed by atoms with Gasteiger partial charge in [0.2, 0.25) is 0 Å². The van der Waals surface area contributed by atoms with E-state index in [4.69, 9.17) is 21.4 Å². The van der Waals surface area contributed by atoms with Gasteiger partial charge in [-0.05, 0) is 64.1 Å². The molecule has 0 saturated heterocycles. The Morgan fingerprint density at radius 2 is 1.97 bits per heavy atom. The molecule has 4 nitrogen and oxygen atoms in total. The van der Waals surface area contributed by atoms with Crippen molar-refractivity contribution < 1.29 is 27.8 Å². The summed E-state index contributed by atoms with van der Waals surface area (Å²) in [5, 5.41) is 12.8. The highest BCUT2D eigenvalue weighted by atomic mass is 35.5. The number of rotatable bonds is 12. The fraction of sp³-hybridized carbons (Fsp3) is 0.346. The average molecular weight is 526 g/mol. The van der Waals surface area contributed by atoms with Crippen molar-refractivity contribution in [1.29, 1.82) is 0 Å². The third-order valence-electron chi connectivity index (χ3n) is 5.56. The number of hydrogen-bond donors (Lipinski definition) is 1. The normalized spacial score (nSPS) is 12.6. The number of thiophene rings is 1. The van der Waals surface area contributed by atoms with Crippen molar-refractivity contribution in [2.45, 2.75) is 38.4 Å². The van der Waals surface area contributed by atoms with E-state index in [0.717, 1.165) is 6.07 Å². The maximum Gasteiger partial charge on any atom is 0.417 e. The van der Waals surface area contributed by atoms with Gasteiger partial charge in [0.1, 0.15) is 5.75 Å². The minimum atomic E-state index is -4.51. The Hall–Kier alpha value is -2.55. The van der Waals surface area contributed by atoms with E-state index >= 15 is 0 Å². The second-order valence-corrected chi connectivity index (χ2v) is 9.55. The summed E-state index contributed by atoms with van der Waals surface area (Å²) in [4.78, 5) is 13.0. The lowest BCUT2D eigenvalue weighted by Crippen LogP contribution is -2.29. The van der Waals surface area contributed by atoms with Crippen LogP contribution in [0.3, 0.4) is 0 Å². The molecule has 9 heteroatoms. The van der Waals surface area contributed by atoms with E-state index in [1.165, 1.54) is 11.6 Å². The third kappa shape index (κ3) is 8.26. The van der Waals surface area contributed by atoms with Crippen LogP contribution < -0.4 is 4.74 Å². The quantitative estimate of drug-likeness (QED) is 0.256. The minimum Gasteiger partial charge on any atom is -0.494 e. The molecular weight excluding hydrogens is 499 g/mol. The summed E-state index contributed by atoms with van der Waals surface area (Å²) < 4.78 is 45.8. The predicted octanol–water partition coefficient (Wildman–Crippen LogP) is 7.12. The van der Waals surface area contributed by atoms with Crippen LogP contribution in [0.25, 0.3) is 0 Å². The van der Waals surface area contributed by atoms with Crippen LogP contribution >= 0.6 is 22.9 Å². The van der Waals surface area contributed by atoms with Crippen LogP contribution in [0.15, 0.2) is 59.3 Å². The second-order valence-electron chi connectivity index (χ2n) is 8.39. The first-order valence-electron chi connectivity index (χ1n) is 11.2. The largest absolute Gasteiger partial charge is 0.494 e. The molecule has 0 saturated carbocycles. The summed E-state index contributed by atoms with van der Waals surface area (Å²) >= 11 is 7.76. The second kappa shape index (κ2) is 12.4. The molecule has 0 aliphatic rings. The van der Waals surface area contributed by atoms with Crippen LogP contribution in [-0.2, 0) is 23.9 Å². The van der Waals surface area contributed by atoms with Crippen LogP contribution in [-0.4, -0.2) is 35.7 Å². The molecule has 2 aromatic carbocycles. The van der Waals surface area contributed by atoms with Crippen LogP contribution in [0.1, 0.15) is 41.5 Å². The van der Waals surface area contributed by atoms with Gasteiger partial charge in [0.25, 0.3) is 0 Å². The van der Waals surface area contributed by atoms with Gasteiger partial charge in [0, 0.05) is 19.6 Å². The van der Waals surface area contributed by atoms with Crippen molar-refractivity contribution in [3.63, 3.8) is 0 Å². The summed E-state index contributed by atoms with van der Waals surface area (Å²) in [5.41, 5.74) is 1.44. The topological polar surface area (TPSA) is 49.8 Å². The average Bonchev–Trinajstić information content (AvgIpc) is 3.32. The van der Waals surface area contributed by atoms with Gasteiger partial charge in [0.15, 0.2) is 0 Å². The van der Waals surface area contributed by atoms with E-state index in [2.05, 4.69) is 23.3 Å². The van der Waals surface area contributed by atoms with Crippen molar-refractivity contribution in [2.75, 3.05) is 19.7 Å². The zero-order chi connectivity index (χ0) is 25.4. The molecule has 1 atom stereocenters. The molecule has 3 rings (SSSR count). The molecule has 35 heavy (non-hydrogen) atoms. The van der Waals surface area contributed by atoms with Gasteiger partial charge >= 0.3 is 12.1 Å². The predicted molar refractivity (Wildman–Crippen MR) is 132 cm³/mol. The van der Waals surface area contributed by atoms with Gasteiger partial charge in [-0.2, -0.15) is 24.5 Å². The number of alkyl halides is 3. The lowest BCUT2D eigenvalue weighted by molar-refractivity contribution is -0.138. The van der Waals surface area contributed by atoms with Crippen LogP contribution in [0.2, 0.25) is 5.02 Å². The minimum absolute atomic E-state index is 0.0802. The number of halogens is 4. The molecule has 1 N–H and O–H groups in total. The SMILES string of the molecule is CC(CN(CCCOc1cccc(CC(=O)O)c1)Cc1cccc(C(F)(F)F)c1Cl)c1ccsc1. The molecule has 3 aromatic rings. The molecule has 0 bridgehead atoms. The summed E-state index contributed by atoms with van der Waals surface area (Å²) in [5.74, 6) is -0.131. The lowest BCUT2D eigenvalue weighted by atomic mass is 10.0. The van der Waals surface area contributed by atoms with E-state index in [-0.39, 0.29) is 23.9 Å². The number of aliphatic carboxylic acids is 1. The fourth-order valence-corrected chi connectivity index (χ4v) is 4.92. The molecule has 0 amide bonds. The first-order chi connectivity index (χ1) is 16.6. The van der Waals surface area contributed by atoms with Crippen molar-refractivity contribution in [1.82, 2.24) is 4.90 Å². The molecular formula is C26H27ClF3NO3S. The fourth-order valence-electron chi connectivity index (χ4n) is 3.84. The standard InChI is InChI=1S/C26H27ClF3NO3S/c1-18(21-9-12-35-17-21)15-31(16-20-6-3-8-23(25(20)27)26(28,29)30)10-4-11-34-22-7-2-5-19(13-22)14-24(32)33/h2-3,5-9,12-13,17-18H,4,10-11,14-16H2,1H3,(H,32,33). The maximum atomic E-state index is 13.3. The highest BCUT2D eigenvalue weighted by molar-refractivity contribution is 7.08. The smallest absolute Gasteiger partial charge is 0.417 e. The molecule has 1 unspecified atom stereocenters. The van der Waals surface area contributed by atoms with Gasteiger partial charge < -0.3 is 9.84 Å². The van der Waals surface area contributed by atoms with Crippen molar-refractivity contribution in [3.8, 4) is 5.75 Å². The van der Waals surface area contributed by atoms with Gasteiger partial charge in [0.05, 0.1) is 23.6 Å². The van der Waals surface area contributed by atoms with Gasteiger partial charge in [-0.25, -0.2) is 0 Å². The molecule has 188 valence electrons. The molecule has 0 aliphatic carbocycles. The van der Waals surface area contributed by atoms with E-state index in [1.54, 1.807) is 41.7 Å². The van der Waals surface area contributed by atoms with Crippen molar-refractivity contribution in [2.24, 2.45) is 0 Å². The van der Waals surface area contributed by atoms with Gasteiger partial charge in [-0.1, -0.05) is 42.8 Å². The highest BCUT2D eigenvalue weighted by Crippen LogP contribution is 2.36. The molecule has 1 aromatic heterocycles. The van der Waals surface area contributed by atoms with Crippen LogP contribution in [0.5, 0.6) is 5.75 Å². The maximum absolute atomic E-state index is 13.3. The van der Waals surface area contributed by atoms with Gasteiger partial charge in [-0.15, -0.1) is 0 Å². The molecule has 0 radical (unpaired) electrons. The summed E-state index contributed by atoms with van der Waals surface area (Å²) in [7, 11) is 0. The van der Waals surface area contributed by atoms with Crippen LogP contribution in [0.4, 0.5) is 13.2 Å².